The Labute approximate surface area is 132 Å². The van der Waals surface area contributed by atoms with E-state index >= 15 is 0 Å². The Morgan fingerprint density at radius 2 is 2.27 bits per heavy atom. The van der Waals surface area contributed by atoms with Gasteiger partial charge in [-0.15, -0.1) is 0 Å². The van der Waals surface area contributed by atoms with Crippen LogP contribution in [0.1, 0.15) is 17.5 Å². The van der Waals surface area contributed by atoms with Crippen LogP contribution in [-0.4, -0.2) is 50.8 Å². The van der Waals surface area contributed by atoms with Gasteiger partial charge in [-0.3, -0.25) is 4.79 Å². The van der Waals surface area contributed by atoms with Crippen LogP contribution in [0, 0.1) is 18.3 Å². The molecule has 1 aromatic carbocycles. The molecular formula is C18H25NO3. The van der Waals surface area contributed by atoms with E-state index in [0.717, 1.165) is 26.1 Å². The summed E-state index contributed by atoms with van der Waals surface area (Å²) >= 11 is 0. The Hall–Kier alpha value is -1.39. The minimum Gasteiger partial charge on any atom is -0.384 e. The molecule has 2 heterocycles. The zero-order chi connectivity index (χ0) is 15.6. The molecule has 1 amide bonds. The largest absolute Gasteiger partial charge is 0.384 e. The van der Waals surface area contributed by atoms with Gasteiger partial charge in [0.2, 0.25) is 5.91 Å². The number of benzene rings is 1. The average Bonchev–Trinajstić information content (AvgIpc) is 3.03. The molecule has 0 radical (unpaired) electrons. The average molecular weight is 303 g/mol. The van der Waals surface area contributed by atoms with Crippen molar-refractivity contribution in [2.45, 2.75) is 19.8 Å². The van der Waals surface area contributed by atoms with Crippen molar-refractivity contribution in [2.75, 3.05) is 40.0 Å². The molecule has 2 fully saturated rings. The molecule has 1 aromatic rings. The van der Waals surface area contributed by atoms with Gasteiger partial charge in [0.15, 0.2) is 0 Å². The van der Waals surface area contributed by atoms with E-state index in [1.807, 2.05) is 17.0 Å². The summed E-state index contributed by atoms with van der Waals surface area (Å²) in [6.07, 6.45) is 1.40. The molecule has 120 valence electrons. The highest BCUT2D eigenvalue weighted by atomic mass is 16.5. The van der Waals surface area contributed by atoms with E-state index in [2.05, 4.69) is 19.1 Å². The van der Waals surface area contributed by atoms with Gasteiger partial charge in [0.1, 0.15) is 0 Å². The molecule has 4 heteroatoms. The van der Waals surface area contributed by atoms with Crippen molar-refractivity contribution in [3.63, 3.8) is 0 Å². The highest BCUT2D eigenvalue weighted by Gasteiger charge is 2.51. The Balaban J connectivity index is 1.59. The minimum atomic E-state index is 0.0209. The number of hydrogen-bond acceptors (Lipinski definition) is 3. The van der Waals surface area contributed by atoms with E-state index in [1.165, 1.54) is 11.1 Å². The molecule has 2 aliphatic rings. The number of likely N-dealkylation sites (tertiary alicyclic amines) is 1. The molecule has 0 saturated carbocycles. The van der Waals surface area contributed by atoms with Gasteiger partial charge >= 0.3 is 0 Å². The van der Waals surface area contributed by atoms with Crippen LogP contribution in [0.3, 0.4) is 0 Å². The fraction of sp³-hybridized carbons (Fsp3) is 0.611. The van der Waals surface area contributed by atoms with E-state index < -0.39 is 0 Å². The van der Waals surface area contributed by atoms with Crippen LogP contribution in [0.4, 0.5) is 0 Å². The Morgan fingerprint density at radius 1 is 1.45 bits per heavy atom. The number of ether oxygens (including phenoxy) is 2. The fourth-order valence-electron chi connectivity index (χ4n) is 3.80. The second-order valence-electron chi connectivity index (χ2n) is 6.71. The fourth-order valence-corrected chi connectivity index (χ4v) is 3.80. The lowest BCUT2D eigenvalue weighted by atomic mass is 9.82. The van der Waals surface area contributed by atoms with Gasteiger partial charge in [0.25, 0.3) is 0 Å². The number of nitrogens with zero attached hydrogens (tertiary/aromatic N) is 1. The van der Waals surface area contributed by atoms with Gasteiger partial charge < -0.3 is 14.4 Å². The molecule has 4 nitrogen and oxygen atoms in total. The van der Waals surface area contributed by atoms with Crippen molar-refractivity contribution in [3.05, 3.63) is 35.4 Å². The number of hydrogen-bond donors (Lipinski definition) is 0. The summed E-state index contributed by atoms with van der Waals surface area (Å²) < 4.78 is 11.0. The molecule has 2 atom stereocenters. The van der Waals surface area contributed by atoms with Crippen LogP contribution in [-0.2, 0) is 20.7 Å². The molecule has 0 aromatic heterocycles. The number of carbonyl (C=O) groups excluding carboxylic acids is 1. The van der Waals surface area contributed by atoms with E-state index in [0.29, 0.717) is 25.6 Å². The van der Waals surface area contributed by atoms with Crippen molar-refractivity contribution in [1.29, 1.82) is 0 Å². The van der Waals surface area contributed by atoms with Gasteiger partial charge in [0, 0.05) is 38.0 Å². The first kappa shape index (κ1) is 15.5. The highest BCUT2D eigenvalue weighted by molar-refractivity contribution is 5.77. The molecule has 2 saturated heterocycles. The SMILES string of the molecule is COC[C@]12COC[C@H]1CN(C(=O)CCc1ccccc1C)C2. The quantitative estimate of drug-likeness (QED) is 0.835. The maximum Gasteiger partial charge on any atom is 0.222 e. The van der Waals surface area contributed by atoms with Crippen LogP contribution < -0.4 is 0 Å². The van der Waals surface area contributed by atoms with Crippen LogP contribution >= 0.6 is 0 Å². The third kappa shape index (κ3) is 2.90. The summed E-state index contributed by atoms with van der Waals surface area (Å²) in [5.74, 6) is 0.683. The lowest BCUT2D eigenvalue weighted by Crippen LogP contribution is -2.37. The lowest BCUT2D eigenvalue weighted by Gasteiger charge is -2.26. The Bertz CT molecular complexity index is 545. The van der Waals surface area contributed by atoms with Crippen molar-refractivity contribution < 1.29 is 14.3 Å². The van der Waals surface area contributed by atoms with Crippen LogP contribution in [0.5, 0.6) is 0 Å². The standard InChI is InChI=1S/C18H25NO3/c1-14-5-3-4-6-15(14)7-8-17(20)19-9-16-10-22-13-18(16,11-19)12-21-2/h3-6,16H,7-13H2,1-2H3/t16-,18-/m1/s1. The molecular weight excluding hydrogens is 278 g/mol. The topological polar surface area (TPSA) is 38.8 Å². The molecule has 0 spiro atoms. The molecule has 22 heavy (non-hydrogen) atoms. The predicted molar refractivity (Wildman–Crippen MR) is 84.7 cm³/mol. The maximum absolute atomic E-state index is 12.6. The molecule has 3 rings (SSSR count). The number of amides is 1. The van der Waals surface area contributed by atoms with E-state index in [1.54, 1.807) is 7.11 Å². The van der Waals surface area contributed by atoms with Crippen LogP contribution in [0.2, 0.25) is 0 Å². The van der Waals surface area contributed by atoms with Gasteiger partial charge in [-0.1, -0.05) is 24.3 Å². The molecule has 0 bridgehead atoms. The highest BCUT2D eigenvalue weighted by Crippen LogP contribution is 2.41. The number of methoxy groups -OCH3 is 1. The normalized spacial score (nSPS) is 27.2. The van der Waals surface area contributed by atoms with Gasteiger partial charge in [-0.25, -0.2) is 0 Å². The second kappa shape index (κ2) is 6.39. The third-order valence-corrected chi connectivity index (χ3v) is 5.18. The Morgan fingerprint density at radius 3 is 3.05 bits per heavy atom. The molecule has 2 aliphatic heterocycles. The minimum absolute atomic E-state index is 0.0209. The summed E-state index contributed by atoms with van der Waals surface area (Å²) in [6.45, 7) is 5.84. The molecule has 0 aliphatic carbocycles. The van der Waals surface area contributed by atoms with Crippen molar-refractivity contribution in [1.82, 2.24) is 4.90 Å². The molecule has 0 unspecified atom stereocenters. The Kier molecular flexibility index (Phi) is 4.50. The number of carbonyl (C=O) groups is 1. The zero-order valence-corrected chi connectivity index (χ0v) is 13.5. The van der Waals surface area contributed by atoms with Gasteiger partial charge in [0.05, 0.1) is 19.8 Å². The second-order valence-corrected chi connectivity index (χ2v) is 6.71. The maximum atomic E-state index is 12.6. The summed E-state index contributed by atoms with van der Waals surface area (Å²) in [4.78, 5) is 14.6. The predicted octanol–water partition coefficient (Wildman–Crippen LogP) is 2.05. The summed E-state index contributed by atoms with van der Waals surface area (Å²) in [5, 5.41) is 0. The van der Waals surface area contributed by atoms with E-state index in [4.69, 9.17) is 9.47 Å². The van der Waals surface area contributed by atoms with Gasteiger partial charge in [-0.2, -0.15) is 0 Å². The number of rotatable bonds is 5. The van der Waals surface area contributed by atoms with E-state index in [-0.39, 0.29) is 11.3 Å². The van der Waals surface area contributed by atoms with Gasteiger partial charge in [-0.05, 0) is 24.5 Å². The number of fused-ring (bicyclic) bond motifs is 1. The lowest BCUT2D eigenvalue weighted by molar-refractivity contribution is -0.131. The smallest absolute Gasteiger partial charge is 0.222 e. The monoisotopic (exact) mass is 303 g/mol. The first-order chi connectivity index (χ1) is 10.6. The van der Waals surface area contributed by atoms with Crippen molar-refractivity contribution >= 4 is 5.91 Å². The number of aryl methyl sites for hydroxylation is 2. The first-order valence-electron chi connectivity index (χ1n) is 8.03. The molecule has 0 N–H and O–H groups in total. The van der Waals surface area contributed by atoms with E-state index in [9.17, 15) is 4.79 Å². The third-order valence-electron chi connectivity index (χ3n) is 5.18. The van der Waals surface area contributed by atoms with Crippen LogP contribution in [0.15, 0.2) is 24.3 Å². The first-order valence-corrected chi connectivity index (χ1v) is 8.03. The van der Waals surface area contributed by atoms with Crippen molar-refractivity contribution in [2.24, 2.45) is 11.3 Å². The zero-order valence-electron chi connectivity index (χ0n) is 13.5. The van der Waals surface area contributed by atoms with Crippen molar-refractivity contribution in [3.8, 4) is 0 Å². The summed E-state index contributed by atoms with van der Waals surface area (Å²) in [5.41, 5.74) is 2.55. The van der Waals surface area contributed by atoms with Crippen LogP contribution in [0.25, 0.3) is 0 Å². The summed E-state index contributed by atoms with van der Waals surface area (Å²) in [7, 11) is 1.73. The summed E-state index contributed by atoms with van der Waals surface area (Å²) in [6, 6.07) is 8.29.